The summed E-state index contributed by atoms with van der Waals surface area (Å²) in [5, 5.41) is 0. The monoisotopic (exact) mass is 196 g/mol. The summed E-state index contributed by atoms with van der Waals surface area (Å²) >= 11 is 4.43. The van der Waals surface area contributed by atoms with Gasteiger partial charge in [-0.05, 0) is 18.2 Å². The molecular weight excluding hydrogens is 180 g/mol. The molecule has 1 aromatic carbocycles. The van der Waals surface area contributed by atoms with Gasteiger partial charge >= 0.3 is 0 Å². The molecule has 0 amide bonds. The zero-order valence-electron chi connectivity index (χ0n) is 8.57. The summed E-state index contributed by atoms with van der Waals surface area (Å²) in [7, 11) is 8.09. The summed E-state index contributed by atoms with van der Waals surface area (Å²) in [5.74, 6) is 0. The normalized spacial score (nSPS) is 9.92. The van der Waals surface area contributed by atoms with E-state index in [1.165, 1.54) is 5.69 Å². The van der Waals surface area contributed by atoms with Crippen LogP contribution < -0.4 is 9.80 Å². The Morgan fingerprint density at radius 3 is 2.00 bits per heavy atom. The van der Waals surface area contributed by atoms with Gasteiger partial charge in [-0.1, -0.05) is 0 Å². The van der Waals surface area contributed by atoms with Gasteiger partial charge < -0.3 is 9.80 Å². The van der Waals surface area contributed by atoms with Crippen LogP contribution in [0.15, 0.2) is 23.1 Å². The number of hydrogen-bond acceptors (Lipinski definition) is 3. The van der Waals surface area contributed by atoms with Gasteiger partial charge in [-0.2, -0.15) is 0 Å². The van der Waals surface area contributed by atoms with E-state index in [1.54, 1.807) is 0 Å². The van der Waals surface area contributed by atoms with E-state index in [1.807, 2.05) is 28.2 Å². The molecule has 0 heterocycles. The molecule has 0 saturated carbocycles. The number of hydrogen-bond donors (Lipinski definition) is 1. The lowest BCUT2D eigenvalue weighted by atomic mass is 10.2. The molecule has 0 spiro atoms. The van der Waals surface area contributed by atoms with Gasteiger partial charge in [0.1, 0.15) is 0 Å². The molecular formula is C10H16N2S. The van der Waals surface area contributed by atoms with Crippen molar-refractivity contribution in [1.82, 2.24) is 0 Å². The molecule has 0 unspecified atom stereocenters. The molecule has 0 N–H and O–H groups in total. The average Bonchev–Trinajstić information content (AvgIpc) is 2.03. The third-order valence-electron chi connectivity index (χ3n) is 1.96. The lowest BCUT2D eigenvalue weighted by Gasteiger charge is -2.18. The molecule has 0 radical (unpaired) electrons. The Morgan fingerprint density at radius 2 is 1.62 bits per heavy atom. The van der Waals surface area contributed by atoms with Crippen LogP contribution in [0.5, 0.6) is 0 Å². The average molecular weight is 196 g/mol. The van der Waals surface area contributed by atoms with Gasteiger partial charge in [0.15, 0.2) is 0 Å². The second kappa shape index (κ2) is 3.92. The zero-order valence-corrected chi connectivity index (χ0v) is 9.47. The molecule has 0 bridgehead atoms. The molecule has 0 aliphatic rings. The van der Waals surface area contributed by atoms with Crippen molar-refractivity contribution < 1.29 is 0 Å². The summed E-state index contributed by atoms with van der Waals surface area (Å²) < 4.78 is 0. The molecule has 2 nitrogen and oxygen atoms in total. The fourth-order valence-corrected chi connectivity index (χ4v) is 1.57. The van der Waals surface area contributed by atoms with E-state index in [-0.39, 0.29) is 0 Å². The smallest absolute Gasteiger partial charge is 0.0498 e. The Morgan fingerprint density at radius 1 is 1.00 bits per heavy atom. The second-order valence-electron chi connectivity index (χ2n) is 3.46. The minimum absolute atomic E-state index is 1.01. The maximum Gasteiger partial charge on any atom is 0.0498 e. The minimum atomic E-state index is 1.01. The van der Waals surface area contributed by atoms with E-state index < -0.39 is 0 Å². The van der Waals surface area contributed by atoms with Crippen molar-refractivity contribution in [2.24, 2.45) is 0 Å². The molecule has 0 aromatic heterocycles. The van der Waals surface area contributed by atoms with Gasteiger partial charge in [-0.3, -0.25) is 0 Å². The van der Waals surface area contributed by atoms with Crippen molar-refractivity contribution >= 4 is 24.0 Å². The predicted molar refractivity (Wildman–Crippen MR) is 62.3 cm³/mol. The topological polar surface area (TPSA) is 6.48 Å². The Labute approximate surface area is 85.6 Å². The van der Waals surface area contributed by atoms with Gasteiger partial charge in [0.2, 0.25) is 0 Å². The number of nitrogens with zero attached hydrogens (tertiary/aromatic N) is 2. The van der Waals surface area contributed by atoms with Gasteiger partial charge in [-0.25, -0.2) is 0 Å². The molecule has 72 valence electrons. The van der Waals surface area contributed by atoms with Crippen molar-refractivity contribution in [3.8, 4) is 0 Å². The third-order valence-corrected chi connectivity index (χ3v) is 2.32. The van der Waals surface area contributed by atoms with Crippen LogP contribution >= 0.6 is 12.6 Å². The Hall–Kier alpha value is -0.830. The predicted octanol–water partition coefficient (Wildman–Crippen LogP) is 2.11. The lowest BCUT2D eigenvalue weighted by molar-refractivity contribution is 1.08. The fourth-order valence-electron chi connectivity index (χ4n) is 1.17. The second-order valence-corrected chi connectivity index (χ2v) is 3.94. The zero-order chi connectivity index (χ0) is 10.0. The molecule has 0 aliphatic heterocycles. The van der Waals surface area contributed by atoms with Gasteiger partial charge in [0.05, 0.1) is 0 Å². The van der Waals surface area contributed by atoms with E-state index in [2.05, 4.69) is 40.6 Å². The summed E-state index contributed by atoms with van der Waals surface area (Å²) in [6.45, 7) is 0. The number of benzene rings is 1. The molecule has 0 saturated heterocycles. The van der Waals surface area contributed by atoms with Crippen molar-refractivity contribution in [1.29, 1.82) is 0 Å². The molecule has 1 aromatic rings. The highest BCUT2D eigenvalue weighted by Crippen LogP contribution is 2.26. The van der Waals surface area contributed by atoms with Crippen LogP contribution in [0, 0.1) is 0 Å². The van der Waals surface area contributed by atoms with E-state index in [0.29, 0.717) is 0 Å². The molecule has 0 atom stereocenters. The first-order chi connectivity index (χ1) is 6.02. The van der Waals surface area contributed by atoms with Crippen molar-refractivity contribution in [2.45, 2.75) is 4.90 Å². The van der Waals surface area contributed by atoms with Crippen molar-refractivity contribution in [2.75, 3.05) is 38.0 Å². The largest absolute Gasteiger partial charge is 0.378 e. The number of thiol groups is 1. The quantitative estimate of drug-likeness (QED) is 0.724. The molecule has 3 heteroatoms. The Kier molecular flexibility index (Phi) is 3.09. The first-order valence-electron chi connectivity index (χ1n) is 4.20. The van der Waals surface area contributed by atoms with E-state index in [9.17, 15) is 0 Å². The van der Waals surface area contributed by atoms with Gasteiger partial charge in [0.25, 0.3) is 0 Å². The standard InChI is InChI=1S/C10H16N2S/c1-11(2)8-5-6-9(12(3)4)10(13)7-8/h5-7,13H,1-4H3. The van der Waals surface area contributed by atoms with E-state index >= 15 is 0 Å². The van der Waals surface area contributed by atoms with Crippen LogP contribution in [0.3, 0.4) is 0 Å². The van der Waals surface area contributed by atoms with Gasteiger partial charge in [-0.15, -0.1) is 12.6 Å². The summed E-state index contributed by atoms with van der Waals surface area (Å²) in [6, 6.07) is 6.24. The van der Waals surface area contributed by atoms with Crippen molar-refractivity contribution in [3.63, 3.8) is 0 Å². The Balaban J connectivity index is 3.06. The minimum Gasteiger partial charge on any atom is -0.378 e. The number of anilines is 2. The third kappa shape index (κ3) is 2.31. The first-order valence-corrected chi connectivity index (χ1v) is 4.64. The molecule has 13 heavy (non-hydrogen) atoms. The van der Waals surface area contributed by atoms with E-state index in [0.717, 1.165) is 10.6 Å². The van der Waals surface area contributed by atoms with Crippen LogP contribution in [-0.4, -0.2) is 28.2 Å². The maximum absolute atomic E-state index is 4.43. The highest BCUT2D eigenvalue weighted by Gasteiger charge is 2.02. The SMILES string of the molecule is CN(C)c1ccc(N(C)C)c(S)c1. The first kappa shape index (κ1) is 10.3. The van der Waals surface area contributed by atoms with Crippen LogP contribution in [-0.2, 0) is 0 Å². The maximum atomic E-state index is 4.43. The van der Waals surface area contributed by atoms with Crippen LogP contribution in [0.1, 0.15) is 0 Å². The number of rotatable bonds is 2. The lowest BCUT2D eigenvalue weighted by Crippen LogP contribution is -2.12. The molecule has 0 aliphatic carbocycles. The molecule has 1 rings (SSSR count). The molecule has 0 fully saturated rings. The summed E-state index contributed by atoms with van der Waals surface area (Å²) in [4.78, 5) is 5.14. The summed E-state index contributed by atoms with van der Waals surface area (Å²) in [5.41, 5.74) is 2.32. The fraction of sp³-hybridized carbons (Fsp3) is 0.400. The van der Waals surface area contributed by atoms with Crippen LogP contribution in [0.4, 0.5) is 11.4 Å². The van der Waals surface area contributed by atoms with E-state index in [4.69, 9.17) is 0 Å². The van der Waals surface area contributed by atoms with Gasteiger partial charge in [0, 0.05) is 44.5 Å². The highest BCUT2D eigenvalue weighted by atomic mass is 32.1. The highest BCUT2D eigenvalue weighted by molar-refractivity contribution is 7.80. The van der Waals surface area contributed by atoms with Crippen LogP contribution in [0.2, 0.25) is 0 Å². The summed E-state index contributed by atoms with van der Waals surface area (Å²) in [6.07, 6.45) is 0. The van der Waals surface area contributed by atoms with Crippen LogP contribution in [0.25, 0.3) is 0 Å². The van der Waals surface area contributed by atoms with Crippen molar-refractivity contribution in [3.05, 3.63) is 18.2 Å². The Bertz CT molecular complexity index is 295.